The van der Waals surface area contributed by atoms with E-state index in [9.17, 15) is 4.57 Å². The predicted molar refractivity (Wildman–Crippen MR) is 88.6 cm³/mol. The van der Waals surface area contributed by atoms with Crippen molar-refractivity contribution >= 4 is 34.7 Å². The maximum atomic E-state index is 13.9. The largest absolute Gasteiger partial charge is 0.309 e. The second-order valence-electron chi connectivity index (χ2n) is 4.64. The first kappa shape index (κ1) is 14.1. The number of halogens is 1. The molecule has 0 N–H and O–H groups in total. The fourth-order valence-electron chi connectivity index (χ4n) is 2.30. The second kappa shape index (κ2) is 5.85. The number of rotatable bonds is 3. The molecule has 0 bridgehead atoms. The molecule has 0 atom stereocenters. The van der Waals surface area contributed by atoms with Crippen LogP contribution in [0.3, 0.4) is 0 Å². The molecule has 0 unspecified atom stereocenters. The lowest BCUT2D eigenvalue weighted by molar-refractivity contribution is 0.592. The molecule has 0 fully saturated rings. The number of aromatic nitrogens is 1. The summed E-state index contributed by atoms with van der Waals surface area (Å²) in [6, 6.07) is 20.7. The summed E-state index contributed by atoms with van der Waals surface area (Å²) in [6.07, 6.45) is 3.18. The zero-order chi connectivity index (χ0) is 14.7. The number of pyridine rings is 1. The highest BCUT2D eigenvalue weighted by Gasteiger charge is 2.29. The van der Waals surface area contributed by atoms with Gasteiger partial charge in [-0.3, -0.25) is 4.98 Å². The van der Waals surface area contributed by atoms with Gasteiger partial charge in [0.15, 0.2) is 7.14 Å². The summed E-state index contributed by atoms with van der Waals surface area (Å²) in [5, 5.41) is 2.69. The summed E-state index contributed by atoms with van der Waals surface area (Å²) >= 11 is 6.04. The number of benzene rings is 2. The highest BCUT2D eigenvalue weighted by atomic mass is 35.5. The van der Waals surface area contributed by atoms with Crippen LogP contribution in [0.5, 0.6) is 0 Å². The van der Waals surface area contributed by atoms with E-state index in [1.807, 2.05) is 60.7 Å². The minimum absolute atomic E-state index is 0.486. The van der Waals surface area contributed by atoms with Gasteiger partial charge in [0.2, 0.25) is 0 Å². The van der Waals surface area contributed by atoms with Gasteiger partial charge in [-0.25, -0.2) is 0 Å². The fraction of sp³-hybridized carbons (Fsp3) is 0. The van der Waals surface area contributed by atoms with Gasteiger partial charge in [0.25, 0.3) is 0 Å². The minimum atomic E-state index is -2.95. The smallest absolute Gasteiger partial charge is 0.172 e. The first-order valence-electron chi connectivity index (χ1n) is 6.53. The van der Waals surface area contributed by atoms with E-state index in [1.54, 1.807) is 18.5 Å². The third kappa shape index (κ3) is 2.65. The van der Waals surface area contributed by atoms with Gasteiger partial charge in [-0.1, -0.05) is 72.3 Å². The highest BCUT2D eigenvalue weighted by molar-refractivity contribution is 7.85. The van der Waals surface area contributed by atoms with E-state index in [1.165, 1.54) is 0 Å². The number of hydrogen-bond acceptors (Lipinski definition) is 2. The normalized spacial score (nSPS) is 11.3. The Morgan fingerprint density at radius 1 is 0.762 bits per heavy atom. The standard InChI is InChI=1S/C17H13ClNOP/c18-14-11-17(13-19-12-14)21(20,15-7-3-1-4-8-15)16-9-5-2-6-10-16/h1-13H. The van der Waals surface area contributed by atoms with Crippen LogP contribution in [0.4, 0.5) is 0 Å². The maximum absolute atomic E-state index is 13.9. The Labute approximate surface area is 128 Å². The Morgan fingerprint density at radius 2 is 1.29 bits per heavy atom. The van der Waals surface area contributed by atoms with Crippen molar-refractivity contribution in [3.8, 4) is 0 Å². The van der Waals surface area contributed by atoms with Gasteiger partial charge in [0, 0.05) is 28.3 Å². The van der Waals surface area contributed by atoms with Gasteiger partial charge in [-0.05, 0) is 6.07 Å². The molecule has 4 heteroatoms. The van der Waals surface area contributed by atoms with E-state index >= 15 is 0 Å². The molecule has 3 aromatic rings. The fourth-order valence-corrected chi connectivity index (χ4v) is 5.17. The van der Waals surface area contributed by atoms with Crippen LogP contribution in [0.2, 0.25) is 5.02 Å². The topological polar surface area (TPSA) is 30.0 Å². The Hall–Kier alpha value is -1.89. The van der Waals surface area contributed by atoms with Gasteiger partial charge in [0.05, 0.1) is 5.02 Å². The molecule has 0 radical (unpaired) electrons. The zero-order valence-electron chi connectivity index (χ0n) is 11.2. The van der Waals surface area contributed by atoms with Crippen LogP contribution >= 0.6 is 18.7 Å². The quantitative estimate of drug-likeness (QED) is 0.694. The van der Waals surface area contributed by atoms with Crippen molar-refractivity contribution in [3.05, 3.63) is 84.1 Å². The molecule has 1 aromatic heterocycles. The molecule has 0 spiro atoms. The van der Waals surface area contributed by atoms with Crippen molar-refractivity contribution in [1.29, 1.82) is 0 Å². The molecule has 0 saturated heterocycles. The summed E-state index contributed by atoms with van der Waals surface area (Å²) in [4.78, 5) is 4.10. The Kier molecular flexibility index (Phi) is 3.92. The van der Waals surface area contributed by atoms with E-state index in [-0.39, 0.29) is 0 Å². The second-order valence-corrected chi connectivity index (χ2v) is 7.85. The highest BCUT2D eigenvalue weighted by Crippen LogP contribution is 2.42. The SMILES string of the molecule is O=P(c1ccccc1)(c1ccccc1)c1cncc(Cl)c1. The molecular weight excluding hydrogens is 301 g/mol. The van der Waals surface area contributed by atoms with E-state index in [0.29, 0.717) is 10.3 Å². The van der Waals surface area contributed by atoms with Crippen molar-refractivity contribution < 1.29 is 4.57 Å². The predicted octanol–water partition coefficient (Wildman–Crippen LogP) is 3.37. The van der Waals surface area contributed by atoms with Gasteiger partial charge >= 0.3 is 0 Å². The van der Waals surface area contributed by atoms with Crippen molar-refractivity contribution in [1.82, 2.24) is 4.98 Å². The lowest BCUT2D eigenvalue weighted by atomic mass is 10.4. The lowest BCUT2D eigenvalue weighted by Crippen LogP contribution is -2.25. The van der Waals surface area contributed by atoms with Crippen molar-refractivity contribution in [2.24, 2.45) is 0 Å². The third-order valence-corrected chi connectivity index (χ3v) is 6.52. The van der Waals surface area contributed by atoms with Gasteiger partial charge in [-0.2, -0.15) is 0 Å². The molecule has 0 saturated carbocycles. The average molecular weight is 314 g/mol. The van der Waals surface area contributed by atoms with E-state index < -0.39 is 7.14 Å². The first-order chi connectivity index (χ1) is 10.2. The average Bonchev–Trinajstić information content (AvgIpc) is 2.56. The molecule has 2 aromatic carbocycles. The summed E-state index contributed by atoms with van der Waals surface area (Å²) in [7, 11) is -2.95. The van der Waals surface area contributed by atoms with Gasteiger partial charge < -0.3 is 4.57 Å². The molecule has 1 heterocycles. The summed E-state index contributed by atoms with van der Waals surface area (Å²) in [5.74, 6) is 0. The monoisotopic (exact) mass is 313 g/mol. The van der Waals surface area contributed by atoms with Crippen LogP contribution in [0.1, 0.15) is 0 Å². The third-order valence-electron chi connectivity index (χ3n) is 3.29. The van der Waals surface area contributed by atoms with Crippen molar-refractivity contribution in [2.45, 2.75) is 0 Å². The minimum Gasteiger partial charge on any atom is -0.309 e. The van der Waals surface area contributed by atoms with Crippen LogP contribution in [0.15, 0.2) is 79.1 Å². The van der Waals surface area contributed by atoms with Gasteiger partial charge in [-0.15, -0.1) is 0 Å². The Bertz CT molecular complexity index is 747. The summed E-state index contributed by atoms with van der Waals surface area (Å²) < 4.78 is 13.9. The zero-order valence-corrected chi connectivity index (χ0v) is 12.8. The molecule has 0 aliphatic heterocycles. The van der Waals surface area contributed by atoms with E-state index in [4.69, 9.17) is 11.6 Å². The molecule has 21 heavy (non-hydrogen) atoms. The number of hydrogen-bond donors (Lipinski definition) is 0. The van der Waals surface area contributed by atoms with Crippen LogP contribution in [0, 0.1) is 0 Å². The Balaban J connectivity index is 2.29. The molecule has 2 nitrogen and oxygen atoms in total. The summed E-state index contributed by atoms with van der Waals surface area (Å²) in [5.41, 5.74) is 0. The molecule has 3 rings (SSSR count). The van der Waals surface area contributed by atoms with Crippen molar-refractivity contribution in [2.75, 3.05) is 0 Å². The molecule has 0 amide bonds. The van der Waals surface area contributed by atoms with E-state index in [0.717, 1.165) is 10.6 Å². The summed E-state index contributed by atoms with van der Waals surface area (Å²) in [6.45, 7) is 0. The van der Waals surface area contributed by atoms with Gasteiger partial charge in [0.1, 0.15) is 0 Å². The van der Waals surface area contributed by atoms with Crippen molar-refractivity contribution in [3.63, 3.8) is 0 Å². The lowest BCUT2D eigenvalue weighted by Gasteiger charge is -2.19. The van der Waals surface area contributed by atoms with Crippen LogP contribution in [0.25, 0.3) is 0 Å². The first-order valence-corrected chi connectivity index (χ1v) is 8.62. The molecular formula is C17H13ClNOP. The molecule has 0 aliphatic rings. The van der Waals surface area contributed by atoms with Crippen LogP contribution in [-0.2, 0) is 4.57 Å². The van der Waals surface area contributed by atoms with E-state index in [2.05, 4.69) is 4.98 Å². The Morgan fingerprint density at radius 3 is 1.76 bits per heavy atom. The van der Waals surface area contributed by atoms with Crippen LogP contribution < -0.4 is 15.9 Å². The molecule has 0 aliphatic carbocycles. The maximum Gasteiger partial charge on any atom is 0.172 e. The molecule has 104 valence electrons. The van der Waals surface area contributed by atoms with Crippen LogP contribution in [-0.4, -0.2) is 4.98 Å². The number of nitrogens with zero attached hydrogens (tertiary/aromatic N) is 1.